The minimum Gasteiger partial charge on any atom is -0.270 e. The molecule has 5 nitrogen and oxygen atoms in total. The lowest BCUT2D eigenvalue weighted by Gasteiger charge is -2.13. The third kappa shape index (κ3) is 1.93. The second-order valence-electron chi connectivity index (χ2n) is 2.92. The fourth-order valence-electron chi connectivity index (χ4n) is 0.756. The zero-order valence-corrected chi connectivity index (χ0v) is 7.57. The van der Waals surface area contributed by atoms with Gasteiger partial charge in [0.1, 0.15) is 0 Å². The summed E-state index contributed by atoms with van der Waals surface area (Å²) >= 11 is 0. The molecule has 1 unspecified atom stereocenters. The average Bonchev–Trinajstić information content (AvgIpc) is 2.36. The van der Waals surface area contributed by atoms with E-state index in [-0.39, 0.29) is 11.8 Å². The van der Waals surface area contributed by atoms with E-state index in [2.05, 4.69) is 17.1 Å². The summed E-state index contributed by atoms with van der Waals surface area (Å²) in [6.07, 6.45) is 1.47. The van der Waals surface area contributed by atoms with Crippen LogP contribution in [0.3, 0.4) is 0 Å². The Morgan fingerprint density at radius 3 is 2.77 bits per heavy atom. The highest BCUT2D eigenvalue weighted by Gasteiger charge is 2.25. The molecule has 0 spiro atoms. The summed E-state index contributed by atoms with van der Waals surface area (Å²) in [6.45, 7) is 6.70. The predicted molar refractivity (Wildman–Crippen MR) is 47.5 cm³/mol. The molecular weight excluding hydrogens is 170 g/mol. The highest BCUT2D eigenvalue weighted by molar-refractivity contribution is 5.99. The molecule has 1 aliphatic heterocycles. The van der Waals surface area contributed by atoms with Crippen molar-refractivity contribution in [3.63, 3.8) is 0 Å². The molecule has 13 heavy (non-hydrogen) atoms. The Labute approximate surface area is 76.1 Å². The van der Waals surface area contributed by atoms with Crippen molar-refractivity contribution >= 4 is 18.0 Å². The Morgan fingerprint density at radius 1 is 1.77 bits per heavy atom. The van der Waals surface area contributed by atoms with Crippen LogP contribution in [0.25, 0.3) is 0 Å². The summed E-state index contributed by atoms with van der Waals surface area (Å²) in [5.41, 5.74) is 2.64. The number of amides is 2. The van der Waals surface area contributed by atoms with Gasteiger partial charge in [-0.05, 0) is 13.8 Å². The van der Waals surface area contributed by atoms with Crippen LogP contribution in [0.4, 0.5) is 0 Å². The van der Waals surface area contributed by atoms with Gasteiger partial charge in [-0.2, -0.15) is 5.10 Å². The second-order valence-corrected chi connectivity index (χ2v) is 2.92. The molecule has 1 rings (SSSR count). The Bertz CT molecular complexity index is 296. The molecule has 0 aromatic rings. The lowest BCUT2D eigenvalue weighted by atomic mass is 10.2. The van der Waals surface area contributed by atoms with Crippen molar-refractivity contribution < 1.29 is 9.59 Å². The van der Waals surface area contributed by atoms with Crippen molar-refractivity contribution in [2.75, 3.05) is 0 Å². The van der Waals surface area contributed by atoms with Crippen LogP contribution in [0.2, 0.25) is 0 Å². The van der Waals surface area contributed by atoms with Gasteiger partial charge in [0.15, 0.2) is 0 Å². The van der Waals surface area contributed by atoms with Crippen molar-refractivity contribution in [2.24, 2.45) is 11.0 Å². The van der Waals surface area contributed by atoms with Crippen molar-refractivity contribution in [1.82, 2.24) is 10.5 Å². The summed E-state index contributed by atoms with van der Waals surface area (Å²) in [5.74, 6) is -0.917. The zero-order chi connectivity index (χ0) is 10.0. The van der Waals surface area contributed by atoms with E-state index in [9.17, 15) is 9.59 Å². The molecule has 1 aliphatic rings. The molecule has 0 radical (unpaired) electrons. The van der Waals surface area contributed by atoms with Gasteiger partial charge in [-0.15, -0.1) is 5.12 Å². The minimum absolute atomic E-state index is 0.241. The smallest absolute Gasteiger partial charge is 0.270 e. The fraction of sp³-hybridized carbons (Fsp3) is 0.375. The van der Waals surface area contributed by atoms with Gasteiger partial charge in [-0.25, -0.2) is 5.43 Å². The van der Waals surface area contributed by atoms with Gasteiger partial charge < -0.3 is 0 Å². The third-order valence-electron chi connectivity index (χ3n) is 1.60. The van der Waals surface area contributed by atoms with Gasteiger partial charge in [0, 0.05) is 11.8 Å². The number of carbonyl (C=O) groups is 2. The molecule has 1 heterocycles. The molecule has 5 heteroatoms. The van der Waals surface area contributed by atoms with E-state index in [0.29, 0.717) is 5.57 Å². The number of hydrogen-bond acceptors (Lipinski definition) is 3. The Morgan fingerprint density at radius 2 is 2.38 bits per heavy atom. The molecule has 1 N–H and O–H groups in total. The van der Waals surface area contributed by atoms with Crippen molar-refractivity contribution in [1.29, 1.82) is 0 Å². The third-order valence-corrected chi connectivity index (χ3v) is 1.60. The van der Waals surface area contributed by atoms with E-state index in [1.165, 1.54) is 6.21 Å². The standard InChI is InChI=1S/C8H11N3O2/c1-5(2)7(12)10-11-8(13)6(3)4-9-11/h4,6H,1H2,2-3H3,(H,10,12). The number of nitrogens with zero attached hydrogens (tertiary/aromatic N) is 2. The molecule has 0 fully saturated rings. The van der Waals surface area contributed by atoms with E-state index < -0.39 is 5.91 Å². The minimum atomic E-state index is -0.403. The maximum atomic E-state index is 11.2. The Kier molecular flexibility index (Phi) is 2.46. The molecule has 0 aliphatic carbocycles. The van der Waals surface area contributed by atoms with Crippen LogP contribution in [0, 0.1) is 5.92 Å². The molecule has 1 atom stereocenters. The first kappa shape index (κ1) is 9.44. The van der Waals surface area contributed by atoms with Gasteiger partial charge in [0.2, 0.25) is 0 Å². The summed E-state index contributed by atoms with van der Waals surface area (Å²) in [4.78, 5) is 22.3. The molecule has 0 saturated carbocycles. The average molecular weight is 181 g/mol. The first-order chi connectivity index (χ1) is 6.02. The zero-order valence-electron chi connectivity index (χ0n) is 7.57. The summed E-state index contributed by atoms with van der Waals surface area (Å²) in [5, 5.41) is 4.64. The number of nitrogens with one attached hydrogen (secondary N) is 1. The quantitative estimate of drug-likeness (QED) is 0.612. The summed E-state index contributed by atoms with van der Waals surface area (Å²) < 4.78 is 0. The Hall–Kier alpha value is -1.65. The summed E-state index contributed by atoms with van der Waals surface area (Å²) in [7, 11) is 0. The monoisotopic (exact) mass is 181 g/mol. The molecule has 0 saturated heterocycles. The van der Waals surface area contributed by atoms with E-state index >= 15 is 0 Å². The highest BCUT2D eigenvalue weighted by Crippen LogP contribution is 2.06. The topological polar surface area (TPSA) is 61.8 Å². The first-order valence-corrected chi connectivity index (χ1v) is 3.87. The van der Waals surface area contributed by atoms with Gasteiger partial charge >= 0.3 is 0 Å². The maximum Gasteiger partial charge on any atom is 0.270 e. The van der Waals surface area contributed by atoms with E-state index in [4.69, 9.17) is 0 Å². The summed E-state index contributed by atoms with van der Waals surface area (Å²) in [6, 6.07) is 0. The number of hydrogen-bond donors (Lipinski definition) is 1. The normalized spacial score (nSPS) is 20.6. The Balaban J connectivity index is 2.57. The van der Waals surface area contributed by atoms with Crippen molar-refractivity contribution in [3.8, 4) is 0 Å². The van der Waals surface area contributed by atoms with Gasteiger partial charge in [0.05, 0.1) is 5.92 Å². The number of rotatable bonds is 2. The predicted octanol–water partition coefficient (Wildman–Crippen LogP) is 0.0578. The molecule has 0 aromatic carbocycles. The van der Waals surface area contributed by atoms with E-state index in [1.807, 2.05) is 0 Å². The van der Waals surface area contributed by atoms with Crippen LogP contribution in [0.1, 0.15) is 13.8 Å². The lowest BCUT2D eigenvalue weighted by Crippen LogP contribution is -2.41. The van der Waals surface area contributed by atoms with Crippen LogP contribution in [0.5, 0.6) is 0 Å². The van der Waals surface area contributed by atoms with Crippen LogP contribution < -0.4 is 5.43 Å². The van der Waals surface area contributed by atoms with Crippen LogP contribution >= 0.6 is 0 Å². The van der Waals surface area contributed by atoms with Gasteiger partial charge in [0.25, 0.3) is 11.8 Å². The van der Waals surface area contributed by atoms with Gasteiger partial charge in [-0.1, -0.05) is 6.58 Å². The van der Waals surface area contributed by atoms with Crippen LogP contribution in [0.15, 0.2) is 17.3 Å². The molecule has 0 aromatic heterocycles. The number of carbonyl (C=O) groups excluding carboxylic acids is 2. The molecule has 70 valence electrons. The SMILES string of the molecule is C=C(C)C(=O)NN1N=CC(C)C1=O. The van der Waals surface area contributed by atoms with Crippen molar-refractivity contribution in [2.45, 2.75) is 13.8 Å². The van der Waals surface area contributed by atoms with Gasteiger partial charge in [-0.3, -0.25) is 9.59 Å². The van der Waals surface area contributed by atoms with E-state index in [0.717, 1.165) is 5.12 Å². The second kappa shape index (κ2) is 3.38. The lowest BCUT2D eigenvalue weighted by molar-refractivity contribution is -0.139. The molecule has 0 bridgehead atoms. The van der Waals surface area contributed by atoms with Crippen molar-refractivity contribution in [3.05, 3.63) is 12.2 Å². The fourth-order valence-corrected chi connectivity index (χ4v) is 0.756. The molecular formula is C8H11N3O2. The number of hydrazone groups is 1. The highest BCUT2D eigenvalue weighted by atomic mass is 16.2. The number of hydrazine groups is 1. The van der Waals surface area contributed by atoms with Crippen LogP contribution in [-0.4, -0.2) is 23.1 Å². The molecule has 2 amide bonds. The van der Waals surface area contributed by atoms with Crippen LogP contribution in [-0.2, 0) is 9.59 Å². The largest absolute Gasteiger partial charge is 0.270 e. The maximum absolute atomic E-state index is 11.2. The van der Waals surface area contributed by atoms with E-state index in [1.54, 1.807) is 13.8 Å². The first-order valence-electron chi connectivity index (χ1n) is 3.87.